The molecule has 0 aliphatic rings. The summed E-state index contributed by atoms with van der Waals surface area (Å²) in [7, 11) is 1.52. The van der Waals surface area contributed by atoms with Gasteiger partial charge in [0, 0.05) is 0 Å². The lowest BCUT2D eigenvalue weighted by atomic mass is 10.2. The number of hydrazine groups is 1. The molecule has 0 fully saturated rings. The number of benzene rings is 2. The fraction of sp³-hybridized carbons (Fsp3) is 0.125. The van der Waals surface area contributed by atoms with Crippen LogP contribution in [0.3, 0.4) is 0 Å². The number of halogens is 2. The van der Waals surface area contributed by atoms with Crippen LogP contribution in [-0.4, -0.2) is 25.5 Å². The molecule has 24 heavy (non-hydrogen) atoms. The third-order valence-corrected chi connectivity index (χ3v) is 3.35. The van der Waals surface area contributed by atoms with Crippen LogP contribution in [0.1, 0.15) is 10.4 Å². The second-order valence-corrected chi connectivity index (χ2v) is 5.09. The Labute approximate surface area is 142 Å². The van der Waals surface area contributed by atoms with Crippen molar-refractivity contribution in [3.8, 4) is 5.75 Å². The second-order valence-electron chi connectivity index (χ2n) is 4.68. The van der Waals surface area contributed by atoms with E-state index in [2.05, 4.69) is 16.2 Å². The highest BCUT2D eigenvalue weighted by Crippen LogP contribution is 2.22. The van der Waals surface area contributed by atoms with Crippen molar-refractivity contribution in [3.63, 3.8) is 0 Å². The van der Waals surface area contributed by atoms with E-state index < -0.39 is 17.6 Å². The lowest BCUT2D eigenvalue weighted by Crippen LogP contribution is -2.44. The molecule has 0 atom stereocenters. The number of anilines is 1. The largest absolute Gasteiger partial charge is 0.495 e. The molecule has 0 saturated heterocycles. The van der Waals surface area contributed by atoms with Crippen LogP contribution in [0.5, 0.6) is 5.75 Å². The number of nitrogens with one attached hydrogen (secondary N) is 3. The molecule has 0 spiro atoms. The van der Waals surface area contributed by atoms with E-state index in [1.807, 2.05) is 0 Å². The highest BCUT2D eigenvalue weighted by molar-refractivity contribution is 6.33. The highest BCUT2D eigenvalue weighted by atomic mass is 35.5. The Morgan fingerprint density at radius 3 is 2.62 bits per heavy atom. The molecule has 6 nitrogen and oxygen atoms in total. The summed E-state index contributed by atoms with van der Waals surface area (Å²) in [6.45, 7) is -0.0855. The molecular formula is C16H15ClFN3O3. The van der Waals surface area contributed by atoms with Gasteiger partial charge < -0.3 is 10.1 Å². The fourth-order valence-electron chi connectivity index (χ4n) is 1.88. The summed E-state index contributed by atoms with van der Waals surface area (Å²) in [5.41, 5.74) is 5.14. The zero-order valence-corrected chi connectivity index (χ0v) is 13.5. The number of methoxy groups -OCH3 is 1. The number of para-hydroxylation sites is 2. The van der Waals surface area contributed by atoms with Crippen LogP contribution in [0.4, 0.5) is 10.1 Å². The minimum absolute atomic E-state index is 0.0473. The van der Waals surface area contributed by atoms with Crippen LogP contribution in [0, 0.1) is 5.82 Å². The zero-order valence-electron chi connectivity index (χ0n) is 12.7. The van der Waals surface area contributed by atoms with E-state index in [9.17, 15) is 14.0 Å². The van der Waals surface area contributed by atoms with Crippen molar-refractivity contribution in [2.45, 2.75) is 0 Å². The molecule has 126 valence electrons. The minimum Gasteiger partial charge on any atom is -0.495 e. The van der Waals surface area contributed by atoms with Crippen molar-refractivity contribution < 1.29 is 18.7 Å². The third-order valence-electron chi connectivity index (χ3n) is 3.04. The van der Waals surface area contributed by atoms with E-state index in [0.717, 1.165) is 12.1 Å². The van der Waals surface area contributed by atoms with E-state index in [0.29, 0.717) is 11.4 Å². The molecule has 2 amide bonds. The average molecular weight is 352 g/mol. The Hall–Kier alpha value is -2.80. The van der Waals surface area contributed by atoms with Gasteiger partial charge in [-0.2, -0.15) is 0 Å². The maximum absolute atomic E-state index is 12.9. The molecule has 3 N–H and O–H groups in total. The van der Waals surface area contributed by atoms with Gasteiger partial charge >= 0.3 is 0 Å². The van der Waals surface area contributed by atoms with Gasteiger partial charge in [-0.15, -0.1) is 0 Å². The maximum Gasteiger partial charge on any atom is 0.271 e. The first kappa shape index (κ1) is 17.6. The average Bonchev–Trinajstić information content (AvgIpc) is 2.58. The van der Waals surface area contributed by atoms with Crippen LogP contribution < -0.4 is 20.9 Å². The summed E-state index contributed by atoms with van der Waals surface area (Å²) in [6, 6.07) is 10.4. The van der Waals surface area contributed by atoms with Gasteiger partial charge in [0.15, 0.2) is 0 Å². The first-order chi connectivity index (χ1) is 11.5. The summed E-state index contributed by atoms with van der Waals surface area (Å²) in [6.07, 6.45) is 0. The molecule has 0 unspecified atom stereocenters. The topological polar surface area (TPSA) is 79.5 Å². The summed E-state index contributed by atoms with van der Waals surface area (Å²) in [4.78, 5) is 23.7. The Morgan fingerprint density at radius 1 is 1.17 bits per heavy atom. The van der Waals surface area contributed by atoms with E-state index in [4.69, 9.17) is 16.3 Å². The van der Waals surface area contributed by atoms with Crippen molar-refractivity contribution in [2.24, 2.45) is 0 Å². The lowest BCUT2D eigenvalue weighted by Gasteiger charge is -2.12. The molecule has 2 aromatic carbocycles. The molecule has 0 radical (unpaired) electrons. The van der Waals surface area contributed by atoms with E-state index in [1.165, 1.54) is 13.2 Å². The molecule has 0 aliphatic carbocycles. The SMILES string of the molecule is COc1ccccc1NCC(=O)NNC(=O)c1ccc(F)cc1Cl. The second kappa shape index (κ2) is 8.16. The highest BCUT2D eigenvalue weighted by Gasteiger charge is 2.12. The van der Waals surface area contributed by atoms with Gasteiger partial charge in [-0.25, -0.2) is 4.39 Å². The fourth-order valence-corrected chi connectivity index (χ4v) is 2.13. The molecule has 0 bridgehead atoms. The van der Waals surface area contributed by atoms with Crippen LogP contribution in [0.2, 0.25) is 5.02 Å². The monoisotopic (exact) mass is 351 g/mol. The Bertz CT molecular complexity index is 755. The molecule has 0 aliphatic heterocycles. The van der Waals surface area contributed by atoms with Gasteiger partial charge in [0.25, 0.3) is 11.8 Å². The van der Waals surface area contributed by atoms with Crippen LogP contribution in [0.25, 0.3) is 0 Å². The maximum atomic E-state index is 12.9. The molecule has 2 rings (SSSR count). The number of hydrogen-bond acceptors (Lipinski definition) is 4. The number of amides is 2. The van der Waals surface area contributed by atoms with Gasteiger partial charge in [0.2, 0.25) is 0 Å². The molecule has 0 heterocycles. The van der Waals surface area contributed by atoms with Crippen LogP contribution in [-0.2, 0) is 4.79 Å². The molecule has 0 aromatic heterocycles. The van der Waals surface area contributed by atoms with E-state index in [-0.39, 0.29) is 17.1 Å². The number of carbonyl (C=O) groups is 2. The molecular weight excluding hydrogens is 337 g/mol. The van der Waals surface area contributed by atoms with Gasteiger partial charge in [0.05, 0.1) is 29.9 Å². The first-order valence-electron chi connectivity index (χ1n) is 6.92. The van der Waals surface area contributed by atoms with Crippen LogP contribution in [0.15, 0.2) is 42.5 Å². The van der Waals surface area contributed by atoms with Crippen molar-refractivity contribution in [1.29, 1.82) is 0 Å². The first-order valence-corrected chi connectivity index (χ1v) is 7.30. The predicted molar refractivity (Wildman–Crippen MR) is 88.5 cm³/mol. The predicted octanol–water partition coefficient (Wildman–Crippen LogP) is 2.36. The van der Waals surface area contributed by atoms with Gasteiger partial charge in [-0.05, 0) is 30.3 Å². The smallest absolute Gasteiger partial charge is 0.271 e. The molecule has 2 aromatic rings. The Balaban J connectivity index is 1.85. The Kier molecular flexibility index (Phi) is 5.97. The number of rotatable bonds is 5. The quantitative estimate of drug-likeness (QED) is 0.722. The number of carbonyl (C=O) groups excluding carboxylic acids is 2. The van der Waals surface area contributed by atoms with Gasteiger partial charge in [0.1, 0.15) is 11.6 Å². The van der Waals surface area contributed by atoms with Crippen molar-refractivity contribution in [1.82, 2.24) is 10.9 Å². The number of ether oxygens (including phenoxy) is 1. The van der Waals surface area contributed by atoms with E-state index in [1.54, 1.807) is 24.3 Å². The summed E-state index contributed by atoms with van der Waals surface area (Å²) in [5, 5.41) is 2.83. The van der Waals surface area contributed by atoms with E-state index >= 15 is 0 Å². The molecule has 8 heteroatoms. The van der Waals surface area contributed by atoms with Gasteiger partial charge in [-0.1, -0.05) is 23.7 Å². The zero-order chi connectivity index (χ0) is 17.5. The normalized spacial score (nSPS) is 9.96. The minimum atomic E-state index is -0.648. The molecule has 0 saturated carbocycles. The van der Waals surface area contributed by atoms with Crippen LogP contribution >= 0.6 is 11.6 Å². The third kappa shape index (κ3) is 4.60. The Morgan fingerprint density at radius 2 is 1.92 bits per heavy atom. The summed E-state index contributed by atoms with van der Waals surface area (Å²) >= 11 is 5.77. The summed E-state index contributed by atoms with van der Waals surface area (Å²) in [5.74, 6) is -1.09. The number of hydrogen-bond donors (Lipinski definition) is 3. The van der Waals surface area contributed by atoms with Crippen molar-refractivity contribution in [2.75, 3.05) is 19.0 Å². The standard InChI is InChI=1S/C16H15ClFN3O3/c1-24-14-5-3-2-4-13(14)19-9-15(22)20-21-16(23)11-7-6-10(18)8-12(11)17/h2-8,19H,9H2,1H3,(H,20,22)(H,21,23). The van der Waals surface area contributed by atoms with Crippen molar-refractivity contribution in [3.05, 3.63) is 58.9 Å². The van der Waals surface area contributed by atoms with Crippen molar-refractivity contribution >= 4 is 29.1 Å². The lowest BCUT2D eigenvalue weighted by molar-refractivity contribution is -0.120. The van der Waals surface area contributed by atoms with Gasteiger partial charge in [-0.3, -0.25) is 20.4 Å². The summed E-state index contributed by atoms with van der Waals surface area (Å²) < 4.78 is 18.1.